The topological polar surface area (TPSA) is 128 Å². The van der Waals surface area contributed by atoms with E-state index < -0.39 is 16.5 Å². The Bertz CT molecular complexity index is 706. The van der Waals surface area contributed by atoms with Crippen molar-refractivity contribution in [1.82, 2.24) is 25.3 Å². The maximum atomic E-state index is 12.0. The number of methoxy groups -OCH3 is 1. The van der Waals surface area contributed by atoms with Crippen LogP contribution in [-0.4, -0.2) is 44.5 Å². The van der Waals surface area contributed by atoms with Gasteiger partial charge in [-0.25, -0.2) is 0 Å². The van der Waals surface area contributed by atoms with Crippen LogP contribution in [0.15, 0.2) is 6.20 Å². The van der Waals surface area contributed by atoms with Crippen LogP contribution in [0.2, 0.25) is 5.02 Å². The monoisotopic (exact) mass is 342 g/mol. The lowest BCUT2D eigenvalue weighted by Gasteiger charge is -2.04. The van der Waals surface area contributed by atoms with E-state index in [1.807, 2.05) is 0 Å². The van der Waals surface area contributed by atoms with E-state index in [1.54, 1.807) is 17.8 Å². The molecule has 2 aromatic rings. The van der Waals surface area contributed by atoms with E-state index in [1.165, 1.54) is 7.11 Å². The Morgan fingerprint density at radius 1 is 1.61 bits per heavy atom. The number of aryl methyl sites for hydroxylation is 2. The number of carbonyl (C=O) groups is 1. The first-order valence-electron chi connectivity index (χ1n) is 6.68. The predicted molar refractivity (Wildman–Crippen MR) is 80.7 cm³/mol. The number of nitrogens with zero attached hydrogens (tertiary/aromatic N) is 4. The first-order chi connectivity index (χ1) is 10.9. The number of hydrogen-bond acceptors (Lipinski definition) is 6. The molecule has 2 rings (SSSR count). The molecule has 0 saturated heterocycles. The van der Waals surface area contributed by atoms with Crippen molar-refractivity contribution in [1.29, 1.82) is 0 Å². The molecule has 23 heavy (non-hydrogen) atoms. The van der Waals surface area contributed by atoms with Gasteiger partial charge in [-0.3, -0.25) is 24.7 Å². The Morgan fingerprint density at radius 2 is 2.35 bits per heavy atom. The minimum atomic E-state index is -0.717. The first-order valence-corrected chi connectivity index (χ1v) is 7.06. The highest BCUT2D eigenvalue weighted by Gasteiger charge is 2.29. The minimum Gasteiger partial charge on any atom is -0.475 e. The quantitative estimate of drug-likeness (QED) is 0.443. The summed E-state index contributed by atoms with van der Waals surface area (Å²) in [6, 6.07) is 0. The van der Waals surface area contributed by atoms with Crippen molar-refractivity contribution in [3.8, 4) is 5.88 Å². The smallest absolute Gasteiger partial charge is 0.362 e. The van der Waals surface area contributed by atoms with Crippen molar-refractivity contribution in [2.45, 2.75) is 19.9 Å². The zero-order valence-corrected chi connectivity index (χ0v) is 13.3. The van der Waals surface area contributed by atoms with Gasteiger partial charge in [0.15, 0.2) is 0 Å². The van der Waals surface area contributed by atoms with E-state index in [4.69, 9.17) is 16.3 Å². The highest BCUT2D eigenvalue weighted by atomic mass is 35.5. The second-order valence-corrected chi connectivity index (χ2v) is 5.06. The lowest BCUT2D eigenvalue weighted by atomic mass is 10.3. The molecule has 0 aromatic carbocycles. The number of nitro groups is 1. The lowest BCUT2D eigenvalue weighted by molar-refractivity contribution is -0.386. The Hall–Kier alpha value is -2.62. The van der Waals surface area contributed by atoms with Crippen molar-refractivity contribution in [2.75, 3.05) is 13.7 Å². The van der Waals surface area contributed by atoms with Crippen LogP contribution < -0.4 is 10.1 Å². The number of hydrogen-bond donors (Lipinski definition) is 2. The molecule has 11 heteroatoms. The van der Waals surface area contributed by atoms with Crippen LogP contribution in [0.1, 0.15) is 22.6 Å². The molecule has 0 saturated carbocycles. The molecule has 0 aliphatic carbocycles. The summed E-state index contributed by atoms with van der Waals surface area (Å²) >= 11 is 5.90. The van der Waals surface area contributed by atoms with E-state index in [9.17, 15) is 14.9 Å². The molecule has 2 aromatic heterocycles. The van der Waals surface area contributed by atoms with E-state index in [0.717, 1.165) is 5.69 Å². The molecule has 2 heterocycles. The number of halogens is 1. The van der Waals surface area contributed by atoms with Crippen LogP contribution in [0.25, 0.3) is 0 Å². The second kappa shape index (κ2) is 7.09. The van der Waals surface area contributed by atoms with E-state index in [-0.39, 0.29) is 11.6 Å². The minimum absolute atomic E-state index is 0.234. The maximum Gasteiger partial charge on any atom is 0.362 e. The Labute approximate surface area is 135 Å². The van der Waals surface area contributed by atoms with Gasteiger partial charge in [0, 0.05) is 19.3 Å². The van der Waals surface area contributed by atoms with Gasteiger partial charge >= 0.3 is 11.6 Å². The first kappa shape index (κ1) is 16.7. The van der Waals surface area contributed by atoms with E-state index in [0.29, 0.717) is 24.5 Å². The molecule has 0 aliphatic rings. The van der Waals surface area contributed by atoms with Gasteiger partial charge in [0.05, 0.1) is 22.7 Å². The number of H-pyrrole nitrogens is 1. The summed E-state index contributed by atoms with van der Waals surface area (Å²) in [6.07, 6.45) is 2.28. The zero-order chi connectivity index (χ0) is 17.0. The van der Waals surface area contributed by atoms with Crippen molar-refractivity contribution >= 4 is 23.2 Å². The highest BCUT2D eigenvalue weighted by Crippen LogP contribution is 2.27. The molecule has 0 fully saturated rings. The molecule has 10 nitrogen and oxygen atoms in total. The number of nitrogens with one attached hydrogen (secondary N) is 2. The predicted octanol–water partition coefficient (Wildman–Crippen LogP) is 1.30. The van der Waals surface area contributed by atoms with Gasteiger partial charge in [-0.05, 0) is 13.3 Å². The summed E-state index contributed by atoms with van der Waals surface area (Å²) in [6.45, 7) is 2.67. The Balaban J connectivity index is 1.90. The number of rotatable bonds is 7. The van der Waals surface area contributed by atoms with Crippen molar-refractivity contribution in [3.63, 3.8) is 0 Å². The van der Waals surface area contributed by atoms with Crippen molar-refractivity contribution in [2.24, 2.45) is 0 Å². The Kier molecular flexibility index (Phi) is 5.16. The average Bonchev–Trinajstić information content (AvgIpc) is 3.07. The molecule has 0 radical (unpaired) electrons. The number of amides is 1. The molecule has 0 bridgehead atoms. The molecule has 0 unspecified atom stereocenters. The van der Waals surface area contributed by atoms with Crippen molar-refractivity contribution < 1.29 is 14.5 Å². The third-order valence-corrected chi connectivity index (χ3v) is 3.42. The standard InChI is InChI=1S/C12H15ClN6O4/c1-7-8(13)6-18(17-7)5-3-4-14-11(20)9-10(19(21)22)12(23-2)16-15-9/h6H,3-5H2,1-2H3,(H,14,20)(H,15,16). The average molecular weight is 343 g/mol. The van der Waals surface area contributed by atoms with Gasteiger partial charge in [-0.1, -0.05) is 11.6 Å². The molecular formula is C12H15ClN6O4. The fourth-order valence-electron chi connectivity index (χ4n) is 1.93. The molecule has 0 spiro atoms. The van der Waals surface area contributed by atoms with E-state index in [2.05, 4.69) is 20.6 Å². The summed E-state index contributed by atoms with van der Waals surface area (Å²) in [5.74, 6) is -0.857. The fourth-order valence-corrected chi connectivity index (χ4v) is 2.08. The van der Waals surface area contributed by atoms with Crippen LogP contribution >= 0.6 is 11.6 Å². The second-order valence-electron chi connectivity index (χ2n) is 4.65. The van der Waals surface area contributed by atoms with Crippen molar-refractivity contribution in [3.05, 3.63) is 32.7 Å². The highest BCUT2D eigenvalue weighted by molar-refractivity contribution is 6.31. The van der Waals surface area contributed by atoms with Crippen LogP contribution in [0.3, 0.4) is 0 Å². The number of aromatic amines is 1. The van der Waals surface area contributed by atoms with Crippen LogP contribution in [-0.2, 0) is 6.54 Å². The van der Waals surface area contributed by atoms with Gasteiger partial charge in [-0.2, -0.15) is 5.10 Å². The third-order valence-electron chi connectivity index (χ3n) is 3.05. The SMILES string of the molecule is COc1n[nH]c(C(=O)NCCCn2cc(Cl)c(C)n2)c1[N+](=O)[O-]. The maximum absolute atomic E-state index is 12.0. The zero-order valence-electron chi connectivity index (χ0n) is 12.5. The summed E-state index contributed by atoms with van der Waals surface area (Å²) in [7, 11) is 1.24. The molecule has 2 N–H and O–H groups in total. The van der Waals surface area contributed by atoms with Crippen LogP contribution in [0.5, 0.6) is 5.88 Å². The van der Waals surface area contributed by atoms with Gasteiger partial charge < -0.3 is 10.1 Å². The normalized spacial score (nSPS) is 10.6. The molecule has 124 valence electrons. The summed E-state index contributed by atoms with van der Waals surface area (Å²) < 4.78 is 6.42. The number of aromatic nitrogens is 4. The molecule has 1 amide bonds. The third kappa shape index (κ3) is 3.77. The molecule has 0 atom stereocenters. The number of carbonyl (C=O) groups excluding carboxylic acids is 1. The van der Waals surface area contributed by atoms with Crippen LogP contribution in [0.4, 0.5) is 5.69 Å². The van der Waals surface area contributed by atoms with Gasteiger partial charge in [0.2, 0.25) is 5.69 Å². The largest absolute Gasteiger partial charge is 0.475 e. The molecular weight excluding hydrogens is 328 g/mol. The summed E-state index contributed by atoms with van der Waals surface area (Å²) in [5.41, 5.74) is 0.000179. The van der Waals surface area contributed by atoms with Gasteiger partial charge in [0.25, 0.3) is 5.91 Å². The lowest BCUT2D eigenvalue weighted by Crippen LogP contribution is -2.26. The van der Waals surface area contributed by atoms with Gasteiger partial charge in [-0.15, -0.1) is 5.10 Å². The van der Waals surface area contributed by atoms with Crippen LogP contribution in [0, 0.1) is 17.0 Å². The summed E-state index contributed by atoms with van der Waals surface area (Å²) in [5, 5.41) is 24.2. The Morgan fingerprint density at radius 3 is 2.91 bits per heavy atom. The fraction of sp³-hybridized carbons (Fsp3) is 0.417. The van der Waals surface area contributed by atoms with E-state index >= 15 is 0 Å². The number of ether oxygens (including phenoxy) is 1. The molecule has 0 aliphatic heterocycles. The van der Waals surface area contributed by atoms with Gasteiger partial charge in [0.1, 0.15) is 0 Å². The summed E-state index contributed by atoms with van der Waals surface area (Å²) in [4.78, 5) is 22.2.